The quantitative estimate of drug-likeness (QED) is 0.799. The molecule has 4 heteroatoms. The van der Waals surface area contributed by atoms with Crippen molar-refractivity contribution in [3.05, 3.63) is 48.5 Å². The Morgan fingerprint density at radius 3 is 2.74 bits per heavy atom. The molecule has 0 fully saturated rings. The summed E-state index contributed by atoms with van der Waals surface area (Å²) < 4.78 is 1.99. The van der Waals surface area contributed by atoms with Gasteiger partial charge in [-0.3, -0.25) is 0 Å². The van der Waals surface area contributed by atoms with Crippen molar-refractivity contribution in [3.8, 4) is 5.69 Å². The number of aromatic nitrogens is 2. The highest BCUT2D eigenvalue weighted by Gasteiger charge is 2.01. The second-order valence-electron chi connectivity index (χ2n) is 4.88. The summed E-state index contributed by atoms with van der Waals surface area (Å²) in [7, 11) is 0. The fourth-order valence-corrected chi connectivity index (χ4v) is 1.98. The van der Waals surface area contributed by atoms with Gasteiger partial charge < -0.3 is 15.0 Å². The highest BCUT2D eigenvalue weighted by molar-refractivity contribution is 5.34. The van der Waals surface area contributed by atoms with Gasteiger partial charge in [-0.15, -0.1) is 0 Å². The van der Waals surface area contributed by atoms with E-state index in [-0.39, 0.29) is 6.61 Å². The van der Waals surface area contributed by atoms with Crippen LogP contribution in [0.4, 0.5) is 0 Å². The second-order valence-corrected chi connectivity index (χ2v) is 4.88. The topological polar surface area (TPSA) is 50.1 Å². The zero-order valence-corrected chi connectivity index (χ0v) is 11.3. The lowest BCUT2D eigenvalue weighted by Crippen LogP contribution is -2.21. The number of nitrogens with zero attached hydrogens (tertiary/aromatic N) is 2. The molecule has 1 unspecified atom stereocenters. The molecule has 0 aliphatic rings. The smallest absolute Gasteiger partial charge is 0.0991 e. The fourth-order valence-electron chi connectivity index (χ4n) is 1.98. The second kappa shape index (κ2) is 7.07. The van der Waals surface area contributed by atoms with Gasteiger partial charge in [-0.25, -0.2) is 4.98 Å². The maximum atomic E-state index is 8.84. The molecule has 1 aromatic heterocycles. The van der Waals surface area contributed by atoms with Crippen molar-refractivity contribution in [2.45, 2.75) is 19.9 Å². The molecule has 0 saturated carbocycles. The first-order chi connectivity index (χ1) is 9.29. The van der Waals surface area contributed by atoms with Crippen LogP contribution in [-0.4, -0.2) is 27.8 Å². The van der Waals surface area contributed by atoms with Crippen molar-refractivity contribution >= 4 is 0 Å². The van der Waals surface area contributed by atoms with E-state index in [4.69, 9.17) is 5.11 Å². The third-order valence-electron chi connectivity index (χ3n) is 3.18. The van der Waals surface area contributed by atoms with E-state index in [0.717, 1.165) is 25.2 Å². The highest BCUT2D eigenvalue weighted by atomic mass is 16.3. The van der Waals surface area contributed by atoms with Crippen LogP contribution in [0, 0.1) is 5.92 Å². The van der Waals surface area contributed by atoms with E-state index in [2.05, 4.69) is 41.5 Å². The van der Waals surface area contributed by atoms with E-state index in [1.54, 1.807) is 12.5 Å². The van der Waals surface area contributed by atoms with Crippen molar-refractivity contribution in [2.75, 3.05) is 13.2 Å². The first-order valence-electron chi connectivity index (χ1n) is 6.68. The summed E-state index contributed by atoms with van der Waals surface area (Å²) in [6.07, 6.45) is 6.36. The van der Waals surface area contributed by atoms with Crippen molar-refractivity contribution in [3.63, 3.8) is 0 Å². The van der Waals surface area contributed by atoms with Gasteiger partial charge in [-0.1, -0.05) is 19.1 Å². The van der Waals surface area contributed by atoms with E-state index in [1.165, 1.54) is 5.56 Å². The molecule has 2 aromatic rings. The summed E-state index contributed by atoms with van der Waals surface area (Å²) in [6.45, 7) is 4.21. The van der Waals surface area contributed by atoms with E-state index in [1.807, 2.05) is 10.8 Å². The Hall–Kier alpha value is -1.65. The number of nitrogens with one attached hydrogen (secondary N) is 1. The number of hydrogen-bond acceptors (Lipinski definition) is 3. The van der Waals surface area contributed by atoms with Crippen molar-refractivity contribution in [1.82, 2.24) is 14.9 Å². The molecule has 0 bridgehead atoms. The summed E-state index contributed by atoms with van der Waals surface area (Å²) in [5.41, 5.74) is 2.38. The van der Waals surface area contributed by atoms with Crippen LogP contribution in [0.5, 0.6) is 0 Å². The lowest BCUT2D eigenvalue weighted by atomic mass is 10.1. The standard InChI is InChI=1S/C15H21N3O/c1-13(6-9-19)10-17-11-14-2-4-15(5-3-14)18-8-7-16-12-18/h2-5,7-8,12-13,17,19H,6,9-11H2,1H3. The lowest BCUT2D eigenvalue weighted by Gasteiger charge is -2.11. The molecule has 1 aromatic carbocycles. The lowest BCUT2D eigenvalue weighted by molar-refractivity contribution is 0.260. The molecule has 4 nitrogen and oxygen atoms in total. The Morgan fingerprint density at radius 2 is 2.11 bits per heavy atom. The van der Waals surface area contributed by atoms with Gasteiger partial charge in [-0.2, -0.15) is 0 Å². The van der Waals surface area contributed by atoms with Gasteiger partial charge in [0.2, 0.25) is 0 Å². The van der Waals surface area contributed by atoms with Gasteiger partial charge in [0.1, 0.15) is 0 Å². The molecule has 2 rings (SSSR count). The molecular formula is C15H21N3O. The Kier molecular flexibility index (Phi) is 5.12. The molecule has 2 N–H and O–H groups in total. The van der Waals surface area contributed by atoms with E-state index >= 15 is 0 Å². The maximum absolute atomic E-state index is 8.84. The van der Waals surface area contributed by atoms with Crippen LogP contribution in [0.1, 0.15) is 18.9 Å². The number of benzene rings is 1. The summed E-state index contributed by atoms with van der Waals surface area (Å²) in [4.78, 5) is 4.04. The minimum Gasteiger partial charge on any atom is -0.396 e. The maximum Gasteiger partial charge on any atom is 0.0991 e. The van der Waals surface area contributed by atoms with Crippen LogP contribution in [0.3, 0.4) is 0 Å². The van der Waals surface area contributed by atoms with Crippen LogP contribution in [0.2, 0.25) is 0 Å². The monoisotopic (exact) mass is 259 g/mol. The van der Waals surface area contributed by atoms with Crippen LogP contribution in [-0.2, 0) is 6.54 Å². The number of rotatable bonds is 7. The van der Waals surface area contributed by atoms with Gasteiger partial charge in [0.25, 0.3) is 0 Å². The molecule has 0 aliphatic heterocycles. The SMILES string of the molecule is CC(CCO)CNCc1ccc(-n2ccnc2)cc1. The van der Waals surface area contributed by atoms with Crippen molar-refractivity contribution in [1.29, 1.82) is 0 Å². The van der Waals surface area contributed by atoms with Crippen LogP contribution >= 0.6 is 0 Å². The summed E-state index contributed by atoms with van der Waals surface area (Å²) >= 11 is 0. The minimum absolute atomic E-state index is 0.266. The number of aliphatic hydroxyl groups is 1. The summed E-state index contributed by atoms with van der Waals surface area (Å²) in [5.74, 6) is 0.509. The highest BCUT2D eigenvalue weighted by Crippen LogP contribution is 2.09. The molecule has 0 aliphatic carbocycles. The predicted octanol–water partition coefficient (Wildman–Crippen LogP) is 1.98. The van der Waals surface area contributed by atoms with Gasteiger partial charge in [0.15, 0.2) is 0 Å². The summed E-state index contributed by atoms with van der Waals surface area (Å²) in [6, 6.07) is 8.43. The third-order valence-corrected chi connectivity index (χ3v) is 3.18. The Labute approximate surface area is 114 Å². The minimum atomic E-state index is 0.266. The van der Waals surface area contributed by atoms with Gasteiger partial charge in [0, 0.05) is 31.2 Å². The number of imidazole rings is 1. The van der Waals surface area contributed by atoms with E-state index in [9.17, 15) is 0 Å². The molecule has 0 amide bonds. The van der Waals surface area contributed by atoms with Gasteiger partial charge >= 0.3 is 0 Å². The van der Waals surface area contributed by atoms with Gasteiger partial charge in [-0.05, 0) is 36.6 Å². The molecule has 102 valence electrons. The first-order valence-corrected chi connectivity index (χ1v) is 6.68. The normalized spacial score (nSPS) is 12.5. The molecule has 1 heterocycles. The predicted molar refractivity (Wildman–Crippen MR) is 76.1 cm³/mol. The van der Waals surface area contributed by atoms with Crippen molar-refractivity contribution in [2.24, 2.45) is 5.92 Å². The van der Waals surface area contributed by atoms with Crippen LogP contribution in [0.15, 0.2) is 43.0 Å². The van der Waals surface area contributed by atoms with Crippen LogP contribution < -0.4 is 5.32 Å². The van der Waals surface area contributed by atoms with Crippen molar-refractivity contribution < 1.29 is 5.11 Å². The Morgan fingerprint density at radius 1 is 1.32 bits per heavy atom. The van der Waals surface area contributed by atoms with E-state index in [0.29, 0.717) is 5.92 Å². The van der Waals surface area contributed by atoms with E-state index < -0.39 is 0 Å². The van der Waals surface area contributed by atoms with Crippen LogP contribution in [0.25, 0.3) is 5.69 Å². The molecule has 0 saturated heterocycles. The average Bonchev–Trinajstić information content (AvgIpc) is 2.94. The van der Waals surface area contributed by atoms with Gasteiger partial charge in [0.05, 0.1) is 6.33 Å². The Bertz CT molecular complexity index is 465. The first kappa shape index (κ1) is 13.8. The largest absolute Gasteiger partial charge is 0.396 e. The average molecular weight is 259 g/mol. The number of hydrogen-bond donors (Lipinski definition) is 2. The molecule has 1 atom stereocenters. The summed E-state index contributed by atoms with van der Waals surface area (Å²) in [5, 5.41) is 12.2. The zero-order chi connectivity index (χ0) is 13.5. The molecule has 19 heavy (non-hydrogen) atoms. The molecular weight excluding hydrogens is 238 g/mol. The number of aliphatic hydroxyl groups excluding tert-OH is 1. The Balaban J connectivity index is 1.82. The molecule has 0 radical (unpaired) electrons. The third kappa shape index (κ3) is 4.19. The zero-order valence-electron chi connectivity index (χ0n) is 11.3. The fraction of sp³-hybridized carbons (Fsp3) is 0.400. The molecule has 0 spiro atoms.